The fourth-order valence-corrected chi connectivity index (χ4v) is 6.28. The van der Waals surface area contributed by atoms with Gasteiger partial charge < -0.3 is 15.4 Å². The van der Waals surface area contributed by atoms with Gasteiger partial charge in [0.05, 0.1) is 23.4 Å². The molecular weight excluding hydrogens is 632 g/mol. The topological polar surface area (TPSA) is 133 Å². The van der Waals surface area contributed by atoms with E-state index >= 15 is 0 Å². The highest BCUT2D eigenvalue weighted by Gasteiger charge is 2.33. The Balaban J connectivity index is 1.37. The van der Waals surface area contributed by atoms with Gasteiger partial charge in [-0.25, -0.2) is 5.43 Å². The predicted molar refractivity (Wildman–Crippen MR) is 193 cm³/mol. The minimum Gasteiger partial charge on any atom is -0.364 e. The Morgan fingerprint density at radius 1 is 0.940 bits per heavy atom. The molecule has 2 aromatic carbocycles. The molecule has 50 heavy (non-hydrogen) atoms. The van der Waals surface area contributed by atoms with E-state index in [0.29, 0.717) is 32.5 Å². The maximum Gasteiger partial charge on any atom is 0.258 e. The first-order valence-electron chi connectivity index (χ1n) is 17.7. The van der Waals surface area contributed by atoms with Crippen LogP contribution in [-0.2, 0) is 30.5 Å². The number of amides is 3. The summed E-state index contributed by atoms with van der Waals surface area (Å²) in [7, 11) is 0. The van der Waals surface area contributed by atoms with E-state index in [1.165, 1.54) is 5.01 Å². The maximum atomic E-state index is 13.4. The number of nitrogens with zero attached hydrogens (tertiary/aromatic N) is 3. The Morgan fingerprint density at radius 2 is 1.72 bits per heavy atom. The van der Waals surface area contributed by atoms with E-state index in [0.717, 1.165) is 40.7 Å². The Hall–Kier alpha value is -4.45. The minimum absolute atomic E-state index is 0.132. The monoisotopic (exact) mass is 682 g/mol. The number of hydrogen-bond acceptors (Lipinski definition) is 8. The van der Waals surface area contributed by atoms with E-state index in [9.17, 15) is 19.2 Å². The van der Waals surface area contributed by atoms with Crippen LogP contribution >= 0.6 is 0 Å². The van der Waals surface area contributed by atoms with Gasteiger partial charge in [-0.2, -0.15) is 0 Å². The molecule has 5 rings (SSSR count). The summed E-state index contributed by atoms with van der Waals surface area (Å²) in [5, 5.41) is 8.12. The highest BCUT2D eigenvalue weighted by atomic mass is 16.5. The number of hydrogen-bond donors (Lipinski definition) is 3. The summed E-state index contributed by atoms with van der Waals surface area (Å²) < 4.78 is 5.98. The first-order valence-corrected chi connectivity index (χ1v) is 17.7. The molecule has 2 aliphatic rings. The first kappa shape index (κ1) is 36.8. The molecule has 0 radical (unpaired) electrons. The van der Waals surface area contributed by atoms with Crippen molar-refractivity contribution in [3.8, 4) is 0 Å². The highest BCUT2D eigenvalue weighted by Crippen LogP contribution is 2.22. The van der Waals surface area contributed by atoms with E-state index < -0.39 is 30.1 Å². The van der Waals surface area contributed by atoms with Gasteiger partial charge in [-0.15, -0.1) is 0 Å². The van der Waals surface area contributed by atoms with E-state index in [1.54, 1.807) is 6.92 Å². The third-order valence-corrected chi connectivity index (χ3v) is 9.29. The first-order chi connectivity index (χ1) is 24.1. The fourth-order valence-electron chi connectivity index (χ4n) is 6.28. The Morgan fingerprint density at radius 3 is 2.50 bits per heavy atom. The zero-order valence-corrected chi connectivity index (χ0v) is 29.6. The van der Waals surface area contributed by atoms with E-state index in [2.05, 4.69) is 51.3 Å². The summed E-state index contributed by atoms with van der Waals surface area (Å²) in [5.41, 5.74) is 6.80. The highest BCUT2D eigenvalue weighted by molar-refractivity contribution is 5.92. The van der Waals surface area contributed by atoms with Crippen molar-refractivity contribution in [3.05, 3.63) is 83.6 Å². The lowest BCUT2D eigenvalue weighted by Crippen LogP contribution is -2.61. The van der Waals surface area contributed by atoms with Crippen molar-refractivity contribution in [3.63, 3.8) is 0 Å². The van der Waals surface area contributed by atoms with Crippen LogP contribution in [0.25, 0.3) is 17.0 Å². The summed E-state index contributed by atoms with van der Waals surface area (Å²) in [6.07, 6.45) is 5.98. The van der Waals surface area contributed by atoms with Crippen molar-refractivity contribution in [1.29, 1.82) is 0 Å². The number of hydrazine groups is 1. The molecule has 11 heteroatoms. The van der Waals surface area contributed by atoms with Gasteiger partial charge in [0.15, 0.2) is 5.78 Å². The molecule has 3 amide bonds. The van der Waals surface area contributed by atoms with E-state index in [4.69, 9.17) is 9.72 Å². The van der Waals surface area contributed by atoms with Crippen molar-refractivity contribution in [2.24, 2.45) is 5.92 Å². The number of benzene rings is 2. The summed E-state index contributed by atoms with van der Waals surface area (Å²) in [6, 6.07) is 18.0. The molecule has 11 nitrogen and oxygen atoms in total. The van der Waals surface area contributed by atoms with Gasteiger partial charge >= 0.3 is 0 Å². The fraction of sp³-hybridized carbons (Fsp3) is 0.462. The number of fused-ring (bicyclic) bond motifs is 4. The quantitative estimate of drug-likeness (QED) is 0.372. The largest absolute Gasteiger partial charge is 0.364 e. The molecule has 0 aliphatic carbocycles. The molecule has 4 atom stereocenters. The second-order valence-electron chi connectivity index (χ2n) is 13.6. The number of nitrogens with one attached hydrogen (secondary N) is 3. The molecular formula is C39H50N6O5. The molecule has 266 valence electrons. The van der Waals surface area contributed by atoms with Gasteiger partial charge in [0.1, 0.15) is 18.7 Å². The van der Waals surface area contributed by atoms with Crippen LogP contribution in [0.5, 0.6) is 0 Å². The van der Waals surface area contributed by atoms with Crippen LogP contribution in [0.3, 0.4) is 0 Å². The number of ketones is 1. The van der Waals surface area contributed by atoms with Crippen molar-refractivity contribution in [2.45, 2.75) is 84.2 Å². The molecule has 1 saturated heterocycles. The molecule has 0 unspecified atom stereocenters. The van der Waals surface area contributed by atoms with Crippen LogP contribution in [0.2, 0.25) is 0 Å². The molecule has 3 aromatic rings. The molecule has 3 N–H and O–H groups in total. The van der Waals surface area contributed by atoms with Crippen molar-refractivity contribution in [1.82, 2.24) is 31.0 Å². The van der Waals surface area contributed by atoms with Crippen LogP contribution in [0.15, 0.2) is 66.7 Å². The zero-order valence-electron chi connectivity index (χ0n) is 29.6. The summed E-state index contributed by atoms with van der Waals surface area (Å²) in [5.74, 6) is -1.38. The number of carbonyl (C=O) groups is 4. The Labute approximate surface area is 294 Å². The second-order valence-corrected chi connectivity index (χ2v) is 13.6. The molecule has 2 aliphatic heterocycles. The van der Waals surface area contributed by atoms with E-state index in [1.807, 2.05) is 63.2 Å². The third-order valence-electron chi connectivity index (χ3n) is 9.29. The van der Waals surface area contributed by atoms with Gasteiger partial charge in [-0.1, -0.05) is 74.5 Å². The molecule has 0 spiro atoms. The normalized spacial score (nSPS) is 24.8. The van der Waals surface area contributed by atoms with Crippen LogP contribution in [0, 0.1) is 5.92 Å². The predicted octanol–water partition coefficient (Wildman–Crippen LogP) is 4.33. The average Bonchev–Trinajstić information content (AvgIpc) is 3.12. The standard InChI is InChI=1S/C39H50N6O5/c1-26(2)37-38(48)40-27(3)39(49)45-21-10-14-33(43-45)35(46)25-50-28(4)32-18-17-31-16-15-29(23-34(31)41-32)11-8-9-20-44(22-19-36(47)42-37)24-30-12-6-5-7-13-30/h5-8,11-13,15-18,23,26-28,33,37,43H,9-10,14,19-22,24-25H2,1-4H3,(H,40,48)(H,42,47)/b11-8+/t27-,28+,33-,37-/m0/s1. The van der Waals surface area contributed by atoms with Gasteiger partial charge in [-0.3, -0.25) is 34.1 Å². The van der Waals surface area contributed by atoms with Crippen LogP contribution < -0.4 is 16.1 Å². The van der Waals surface area contributed by atoms with Crippen LogP contribution in [0.4, 0.5) is 0 Å². The van der Waals surface area contributed by atoms with Crippen LogP contribution in [-0.4, -0.2) is 82.8 Å². The molecule has 1 fully saturated rings. The molecule has 3 heterocycles. The smallest absolute Gasteiger partial charge is 0.258 e. The lowest BCUT2D eigenvalue weighted by molar-refractivity contribution is -0.144. The lowest BCUT2D eigenvalue weighted by Gasteiger charge is -2.35. The van der Waals surface area contributed by atoms with Gasteiger partial charge in [-0.05, 0) is 62.3 Å². The number of rotatable bonds is 3. The Kier molecular flexibility index (Phi) is 12.9. The van der Waals surface area contributed by atoms with Crippen molar-refractivity contribution < 1.29 is 23.9 Å². The van der Waals surface area contributed by atoms with Crippen molar-refractivity contribution >= 4 is 40.5 Å². The summed E-state index contributed by atoms with van der Waals surface area (Å²) in [6.45, 7) is 9.43. The molecule has 1 aromatic heterocycles. The number of pyridine rings is 1. The lowest BCUT2D eigenvalue weighted by atomic mass is 10.0. The number of Topliss-reactive ketones (excluding diaryl/α,β-unsaturated/α-hetero) is 1. The SMILES string of the molecule is CC(C)[C@@H]1NC(=O)CCN(Cc2ccccc2)CC/C=C/c2ccc3ccc(nc3c2)[C@@H](C)OCC(=O)[C@@H]2CCCN(N2)C(=O)[C@H](C)NC1=O. The molecule has 0 saturated carbocycles. The maximum absolute atomic E-state index is 13.4. The number of carbonyl (C=O) groups excluding carboxylic acids is 4. The van der Waals surface area contributed by atoms with E-state index in [-0.39, 0.29) is 36.5 Å². The Bertz CT molecular complexity index is 1680. The van der Waals surface area contributed by atoms with Gasteiger partial charge in [0.25, 0.3) is 5.91 Å². The number of aromatic nitrogens is 1. The van der Waals surface area contributed by atoms with Crippen LogP contribution in [0.1, 0.15) is 76.3 Å². The minimum atomic E-state index is -0.870. The summed E-state index contributed by atoms with van der Waals surface area (Å²) >= 11 is 0. The number of ether oxygens (including phenoxy) is 1. The van der Waals surface area contributed by atoms with Crippen molar-refractivity contribution in [2.75, 3.05) is 26.2 Å². The average molecular weight is 683 g/mol. The third kappa shape index (κ3) is 10.1. The zero-order chi connectivity index (χ0) is 35.6. The molecule has 5 bridgehead atoms. The second kappa shape index (κ2) is 17.5. The van der Waals surface area contributed by atoms with Gasteiger partial charge in [0, 0.05) is 38.0 Å². The van der Waals surface area contributed by atoms with Gasteiger partial charge in [0.2, 0.25) is 11.8 Å². The summed E-state index contributed by atoms with van der Waals surface area (Å²) in [4.78, 5) is 60.3.